The number of carbonyl (C=O) groups excluding carboxylic acids is 1. The lowest BCUT2D eigenvalue weighted by atomic mass is 9.99. The molecule has 0 aliphatic carbocycles. The fourth-order valence-electron chi connectivity index (χ4n) is 3.88. The van der Waals surface area contributed by atoms with Crippen LogP contribution in [0.25, 0.3) is 33.1 Å². The van der Waals surface area contributed by atoms with Crippen LogP contribution in [-0.4, -0.2) is 10.9 Å². The van der Waals surface area contributed by atoms with Gasteiger partial charge in [0.2, 0.25) is 5.91 Å². The van der Waals surface area contributed by atoms with Gasteiger partial charge in [-0.25, -0.2) is 9.18 Å². The average molecular weight is 442 g/mol. The van der Waals surface area contributed by atoms with Crippen LogP contribution in [0.4, 0.5) is 4.39 Å². The van der Waals surface area contributed by atoms with Gasteiger partial charge in [-0.15, -0.1) is 0 Å². The number of amides is 1. The Labute approximate surface area is 187 Å². The van der Waals surface area contributed by atoms with E-state index in [1.165, 1.54) is 12.1 Å². The number of hydrogen-bond acceptors (Lipinski definition) is 5. The maximum Gasteiger partial charge on any atom is 0.340 e. The summed E-state index contributed by atoms with van der Waals surface area (Å²) >= 11 is 0. The molecule has 1 N–H and O–H groups in total. The molecule has 0 saturated carbocycles. The summed E-state index contributed by atoms with van der Waals surface area (Å²) in [7, 11) is 0. The second kappa shape index (κ2) is 8.35. The Bertz CT molecular complexity index is 1540. The first-order valence-corrected chi connectivity index (χ1v) is 10.4. The fourth-order valence-corrected chi connectivity index (χ4v) is 3.88. The summed E-state index contributed by atoms with van der Waals surface area (Å²) in [6, 6.07) is 15.1. The molecule has 3 aromatic heterocycles. The third-order valence-electron chi connectivity index (χ3n) is 5.67. The lowest BCUT2D eigenvalue weighted by Gasteiger charge is -2.09. The van der Waals surface area contributed by atoms with Crippen molar-refractivity contribution in [1.29, 1.82) is 0 Å². The maximum absolute atomic E-state index is 13.3. The lowest BCUT2D eigenvalue weighted by Crippen LogP contribution is -2.27. The Balaban J connectivity index is 1.50. The molecule has 2 aromatic carbocycles. The Morgan fingerprint density at radius 2 is 1.88 bits per heavy atom. The van der Waals surface area contributed by atoms with Crippen LogP contribution >= 0.6 is 0 Å². The molecule has 0 atom stereocenters. The zero-order valence-electron chi connectivity index (χ0n) is 17.7. The molecule has 0 radical (unpaired) electrons. The molecule has 5 rings (SSSR count). The van der Waals surface area contributed by atoms with Crippen molar-refractivity contribution in [1.82, 2.24) is 10.3 Å². The SMILES string of the molecule is Cc1c(CC(=O)NCc2ccccn2)c(=O)oc2cc3occ(-c4ccc(F)cc4)c3cc12. The van der Waals surface area contributed by atoms with E-state index in [4.69, 9.17) is 8.83 Å². The van der Waals surface area contributed by atoms with Crippen LogP contribution in [0.5, 0.6) is 0 Å². The normalized spacial score (nSPS) is 11.2. The predicted octanol–water partition coefficient (Wildman–Crippen LogP) is 4.91. The van der Waals surface area contributed by atoms with Crippen molar-refractivity contribution in [3.8, 4) is 11.1 Å². The molecule has 0 unspecified atom stereocenters. The molecular weight excluding hydrogens is 423 g/mol. The van der Waals surface area contributed by atoms with E-state index in [1.807, 2.05) is 18.2 Å². The molecule has 0 saturated heterocycles. The second-order valence-corrected chi connectivity index (χ2v) is 7.77. The molecule has 0 spiro atoms. The van der Waals surface area contributed by atoms with Crippen molar-refractivity contribution in [2.24, 2.45) is 0 Å². The Hall–Kier alpha value is -4.26. The van der Waals surface area contributed by atoms with E-state index >= 15 is 0 Å². The summed E-state index contributed by atoms with van der Waals surface area (Å²) in [6.45, 7) is 2.07. The average Bonchev–Trinajstić information content (AvgIpc) is 3.23. The minimum Gasteiger partial charge on any atom is -0.464 e. The number of nitrogens with zero attached hydrogens (tertiary/aromatic N) is 1. The summed E-state index contributed by atoms with van der Waals surface area (Å²) in [5, 5.41) is 4.29. The van der Waals surface area contributed by atoms with Crippen LogP contribution in [0.3, 0.4) is 0 Å². The van der Waals surface area contributed by atoms with Gasteiger partial charge in [-0.1, -0.05) is 18.2 Å². The molecule has 0 bridgehead atoms. The highest BCUT2D eigenvalue weighted by atomic mass is 19.1. The minimum atomic E-state index is -0.558. The van der Waals surface area contributed by atoms with Crippen LogP contribution in [0.2, 0.25) is 0 Å². The third-order valence-corrected chi connectivity index (χ3v) is 5.67. The highest BCUT2D eigenvalue weighted by Crippen LogP contribution is 2.34. The number of halogens is 1. The molecule has 3 heterocycles. The molecule has 1 amide bonds. The standard InChI is InChI=1S/C26H19FN2O4/c1-15-19-10-21-22(16-5-7-17(27)8-6-16)14-32-23(21)12-24(19)33-26(31)20(15)11-25(30)29-13-18-4-2-3-9-28-18/h2-10,12,14H,11,13H2,1H3,(H,29,30). The summed E-state index contributed by atoms with van der Waals surface area (Å²) in [5.41, 5.74) is 3.66. The predicted molar refractivity (Wildman–Crippen MR) is 122 cm³/mol. The number of fused-ring (bicyclic) bond motifs is 2. The molecular formula is C26H19FN2O4. The summed E-state index contributed by atoms with van der Waals surface area (Å²) in [5.74, 6) is -0.618. The molecule has 0 aliphatic heterocycles. The van der Waals surface area contributed by atoms with Gasteiger partial charge in [0.05, 0.1) is 30.5 Å². The largest absolute Gasteiger partial charge is 0.464 e. The third kappa shape index (κ3) is 4.01. The van der Waals surface area contributed by atoms with E-state index < -0.39 is 5.63 Å². The van der Waals surface area contributed by atoms with E-state index in [0.29, 0.717) is 27.7 Å². The maximum atomic E-state index is 13.3. The van der Waals surface area contributed by atoms with Crippen molar-refractivity contribution >= 4 is 27.8 Å². The molecule has 6 nitrogen and oxygen atoms in total. The van der Waals surface area contributed by atoms with Crippen molar-refractivity contribution < 1.29 is 18.0 Å². The van der Waals surface area contributed by atoms with Crippen LogP contribution < -0.4 is 10.9 Å². The van der Waals surface area contributed by atoms with E-state index in [0.717, 1.165) is 22.2 Å². The number of aromatic nitrogens is 1. The van der Waals surface area contributed by atoms with Gasteiger partial charge in [-0.3, -0.25) is 9.78 Å². The summed E-state index contributed by atoms with van der Waals surface area (Å²) < 4.78 is 24.5. The van der Waals surface area contributed by atoms with Crippen LogP contribution in [0, 0.1) is 12.7 Å². The van der Waals surface area contributed by atoms with Crippen LogP contribution in [0.15, 0.2) is 80.7 Å². The van der Waals surface area contributed by atoms with Gasteiger partial charge in [0, 0.05) is 28.6 Å². The quantitative estimate of drug-likeness (QED) is 0.391. The highest BCUT2D eigenvalue weighted by molar-refractivity contribution is 6.02. The smallest absolute Gasteiger partial charge is 0.340 e. The zero-order valence-corrected chi connectivity index (χ0v) is 17.7. The number of aryl methyl sites for hydroxylation is 1. The monoisotopic (exact) mass is 442 g/mol. The Kier molecular flexibility index (Phi) is 5.22. The summed E-state index contributed by atoms with van der Waals surface area (Å²) in [4.78, 5) is 29.3. The van der Waals surface area contributed by atoms with Crippen molar-refractivity contribution in [3.05, 3.63) is 100 Å². The molecule has 0 aliphatic rings. The second-order valence-electron chi connectivity index (χ2n) is 7.77. The first-order valence-electron chi connectivity index (χ1n) is 10.4. The minimum absolute atomic E-state index is 0.106. The van der Waals surface area contributed by atoms with Crippen molar-refractivity contribution in [3.63, 3.8) is 0 Å². The van der Waals surface area contributed by atoms with E-state index in [2.05, 4.69) is 10.3 Å². The number of hydrogen-bond donors (Lipinski definition) is 1. The van der Waals surface area contributed by atoms with Gasteiger partial charge in [0.15, 0.2) is 0 Å². The van der Waals surface area contributed by atoms with Crippen LogP contribution in [0.1, 0.15) is 16.8 Å². The van der Waals surface area contributed by atoms with E-state index in [1.54, 1.807) is 43.6 Å². The number of nitrogens with one attached hydrogen (secondary N) is 1. The van der Waals surface area contributed by atoms with E-state index in [-0.39, 0.29) is 24.7 Å². The van der Waals surface area contributed by atoms with Gasteiger partial charge in [0.1, 0.15) is 17.0 Å². The van der Waals surface area contributed by atoms with Gasteiger partial charge >= 0.3 is 5.63 Å². The van der Waals surface area contributed by atoms with Gasteiger partial charge in [0.25, 0.3) is 0 Å². The Morgan fingerprint density at radius 1 is 1.06 bits per heavy atom. The summed E-state index contributed by atoms with van der Waals surface area (Å²) in [6.07, 6.45) is 3.14. The number of furan rings is 1. The molecule has 33 heavy (non-hydrogen) atoms. The zero-order chi connectivity index (χ0) is 22.9. The number of pyridine rings is 1. The molecule has 5 aromatic rings. The topological polar surface area (TPSA) is 85.3 Å². The lowest BCUT2D eigenvalue weighted by molar-refractivity contribution is -0.120. The van der Waals surface area contributed by atoms with Gasteiger partial charge < -0.3 is 14.2 Å². The van der Waals surface area contributed by atoms with Gasteiger partial charge in [-0.05, 0) is 48.4 Å². The van der Waals surface area contributed by atoms with E-state index in [9.17, 15) is 14.0 Å². The number of carbonyl (C=O) groups is 1. The number of rotatable bonds is 5. The van der Waals surface area contributed by atoms with Crippen molar-refractivity contribution in [2.75, 3.05) is 0 Å². The first-order chi connectivity index (χ1) is 16.0. The highest BCUT2D eigenvalue weighted by Gasteiger charge is 2.18. The van der Waals surface area contributed by atoms with Gasteiger partial charge in [-0.2, -0.15) is 0 Å². The molecule has 7 heteroatoms. The van der Waals surface area contributed by atoms with Crippen molar-refractivity contribution in [2.45, 2.75) is 19.9 Å². The Morgan fingerprint density at radius 3 is 2.64 bits per heavy atom. The molecule has 164 valence electrons. The fraction of sp³-hybridized carbons (Fsp3) is 0.115. The first kappa shape index (κ1) is 20.6. The number of benzene rings is 2. The van der Waals surface area contributed by atoms with Crippen LogP contribution in [-0.2, 0) is 17.8 Å². The molecule has 0 fully saturated rings.